The normalized spacial score (nSPS) is 14.8. The van der Waals surface area contributed by atoms with Crippen LogP contribution in [0.3, 0.4) is 0 Å². The lowest BCUT2D eigenvalue weighted by atomic mass is 10.1. The molecule has 2 heterocycles. The predicted octanol–water partition coefficient (Wildman–Crippen LogP) is 4.35. The lowest BCUT2D eigenvalue weighted by molar-refractivity contribution is -0.137. The standard InChI is InChI=1S/C19H18F3N3O/c20-19(21,22)15-6-3-14(4-7-15)5-10-18(26)24-16-8-9-17(23-13-16)25-11-1-2-12-25/h3-10,13H,1-2,11-12H2,(H,24,26)/b10-5+. The summed E-state index contributed by atoms with van der Waals surface area (Å²) in [6.07, 6.45) is 2.29. The van der Waals surface area contributed by atoms with Gasteiger partial charge in [0.15, 0.2) is 0 Å². The van der Waals surface area contributed by atoms with E-state index in [1.807, 2.05) is 6.07 Å². The molecular weight excluding hydrogens is 343 g/mol. The van der Waals surface area contributed by atoms with Crippen molar-refractivity contribution in [3.8, 4) is 0 Å². The summed E-state index contributed by atoms with van der Waals surface area (Å²) in [4.78, 5) is 18.5. The Morgan fingerprint density at radius 2 is 1.77 bits per heavy atom. The van der Waals surface area contributed by atoms with Crippen molar-refractivity contribution in [2.75, 3.05) is 23.3 Å². The summed E-state index contributed by atoms with van der Waals surface area (Å²) >= 11 is 0. The summed E-state index contributed by atoms with van der Waals surface area (Å²) in [6.45, 7) is 1.99. The van der Waals surface area contributed by atoms with E-state index >= 15 is 0 Å². The molecule has 1 aliphatic heterocycles. The zero-order valence-corrected chi connectivity index (χ0v) is 14.0. The first-order valence-corrected chi connectivity index (χ1v) is 8.29. The van der Waals surface area contributed by atoms with E-state index in [1.165, 1.54) is 24.3 Å². The van der Waals surface area contributed by atoms with Crippen molar-refractivity contribution in [3.63, 3.8) is 0 Å². The van der Waals surface area contributed by atoms with E-state index in [0.717, 1.165) is 43.9 Å². The van der Waals surface area contributed by atoms with Crippen LogP contribution in [0, 0.1) is 0 Å². The number of pyridine rings is 1. The van der Waals surface area contributed by atoms with E-state index in [-0.39, 0.29) is 5.91 Å². The first-order valence-electron chi connectivity index (χ1n) is 8.29. The highest BCUT2D eigenvalue weighted by atomic mass is 19.4. The van der Waals surface area contributed by atoms with Crippen molar-refractivity contribution in [2.24, 2.45) is 0 Å². The van der Waals surface area contributed by atoms with Crippen LogP contribution in [0.25, 0.3) is 6.08 Å². The number of nitrogens with one attached hydrogen (secondary N) is 1. The molecule has 136 valence electrons. The van der Waals surface area contributed by atoms with E-state index in [9.17, 15) is 18.0 Å². The van der Waals surface area contributed by atoms with Gasteiger partial charge >= 0.3 is 6.18 Å². The van der Waals surface area contributed by atoms with E-state index < -0.39 is 11.7 Å². The van der Waals surface area contributed by atoms with Crippen molar-refractivity contribution >= 4 is 23.5 Å². The summed E-state index contributed by atoms with van der Waals surface area (Å²) in [7, 11) is 0. The lowest BCUT2D eigenvalue weighted by Gasteiger charge is -2.16. The van der Waals surface area contributed by atoms with Crippen LogP contribution in [0.2, 0.25) is 0 Å². The summed E-state index contributed by atoms with van der Waals surface area (Å²) in [5.74, 6) is 0.515. The molecule has 3 rings (SSSR count). The van der Waals surface area contributed by atoms with Gasteiger partial charge in [-0.05, 0) is 48.7 Å². The fourth-order valence-electron chi connectivity index (χ4n) is 2.73. The number of hydrogen-bond donors (Lipinski definition) is 1. The van der Waals surface area contributed by atoms with Gasteiger partial charge < -0.3 is 10.2 Å². The van der Waals surface area contributed by atoms with Gasteiger partial charge in [-0.25, -0.2) is 4.98 Å². The Kier molecular flexibility index (Phi) is 5.25. The van der Waals surface area contributed by atoms with Gasteiger partial charge in [0.1, 0.15) is 5.82 Å². The first-order chi connectivity index (χ1) is 12.4. The molecule has 0 saturated carbocycles. The average Bonchev–Trinajstić information content (AvgIpc) is 3.15. The van der Waals surface area contributed by atoms with Gasteiger partial charge in [0.2, 0.25) is 5.91 Å². The molecule has 1 aromatic carbocycles. The Bertz CT molecular complexity index is 777. The molecule has 0 bridgehead atoms. The summed E-state index contributed by atoms with van der Waals surface area (Å²) in [5.41, 5.74) is 0.356. The second-order valence-corrected chi connectivity index (χ2v) is 6.04. The third-order valence-corrected chi connectivity index (χ3v) is 4.11. The highest BCUT2D eigenvalue weighted by Crippen LogP contribution is 2.29. The molecule has 1 saturated heterocycles. The second-order valence-electron chi connectivity index (χ2n) is 6.04. The summed E-state index contributed by atoms with van der Waals surface area (Å²) in [5, 5.41) is 2.68. The van der Waals surface area contributed by atoms with Crippen molar-refractivity contribution in [1.29, 1.82) is 0 Å². The van der Waals surface area contributed by atoms with Crippen molar-refractivity contribution in [3.05, 3.63) is 59.8 Å². The van der Waals surface area contributed by atoms with E-state index in [4.69, 9.17) is 0 Å². The molecule has 26 heavy (non-hydrogen) atoms. The molecule has 1 aliphatic rings. The van der Waals surface area contributed by atoms with E-state index in [0.29, 0.717) is 11.3 Å². The van der Waals surface area contributed by atoms with Crippen LogP contribution >= 0.6 is 0 Å². The number of halogens is 3. The number of rotatable bonds is 4. The summed E-state index contributed by atoms with van der Waals surface area (Å²) in [6, 6.07) is 8.25. The number of amides is 1. The largest absolute Gasteiger partial charge is 0.416 e. The Hall–Kier alpha value is -2.83. The monoisotopic (exact) mass is 361 g/mol. The minimum Gasteiger partial charge on any atom is -0.357 e. The third-order valence-electron chi connectivity index (χ3n) is 4.11. The smallest absolute Gasteiger partial charge is 0.357 e. The zero-order chi connectivity index (χ0) is 18.6. The molecule has 7 heteroatoms. The van der Waals surface area contributed by atoms with Crippen molar-refractivity contribution in [2.45, 2.75) is 19.0 Å². The number of alkyl halides is 3. The van der Waals surface area contributed by atoms with Crippen molar-refractivity contribution in [1.82, 2.24) is 4.98 Å². The second kappa shape index (κ2) is 7.59. The van der Waals surface area contributed by atoms with Gasteiger partial charge in [-0.3, -0.25) is 4.79 Å². The third kappa shape index (κ3) is 4.62. The number of carbonyl (C=O) groups is 1. The minimum absolute atomic E-state index is 0.374. The van der Waals surface area contributed by atoms with Crippen molar-refractivity contribution < 1.29 is 18.0 Å². The molecule has 1 fully saturated rings. The Morgan fingerprint density at radius 3 is 2.35 bits per heavy atom. The fraction of sp³-hybridized carbons (Fsp3) is 0.263. The predicted molar refractivity (Wildman–Crippen MR) is 94.8 cm³/mol. The van der Waals surface area contributed by atoms with Gasteiger partial charge in [0.25, 0.3) is 0 Å². The topological polar surface area (TPSA) is 45.2 Å². The van der Waals surface area contributed by atoms with Crippen LogP contribution in [0.15, 0.2) is 48.7 Å². The van der Waals surface area contributed by atoms with Gasteiger partial charge in [0.05, 0.1) is 17.4 Å². The maximum Gasteiger partial charge on any atom is 0.416 e. The Labute approximate surface area is 149 Å². The SMILES string of the molecule is O=C(/C=C/c1ccc(C(F)(F)F)cc1)Nc1ccc(N2CCCC2)nc1. The van der Waals surface area contributed by atoms with Crippen LogP contribution in [0.1, 0.15) is 24.0 Å². The molecule has 0 unspecified atom stereocenters. The molecule has 1 N–H and O–H groups in total. The van der Waals surface area contributed by atoms with Crippen LogP contribution in [-0.2, 0) is 11.0 Å². The number of nitrogens with zero attached hydrogens (tertiary/aromatic N) is 2. The fourth-order valence-corrected chi connectivity index (χ4v) is 2.73. The molecule has 0 atom stereocenters. The molecule has 0 spiro atoms. The number of benzene rings is 1. The van der Waals surface area contributed by atoms with Gasteiger partial charge in [-0.2, -0.15) is 13.2 Å². The molecule has 4 nitrogen and oxygen atoms in total. The van der Waals surface area contributed by atoms with Crippen LogP contribution in [0.5, 0.6) is 0 Å². The molecule has 0 aliphatic carbocycles. The average molecular weight is 361 g/mol. The van der Waals surface area contributed by atoms with Gasteiger partial charge in [0, 0.05) is 19.2 Å². The Balaban J connectivity index is 1.57. The van der Waals surface area contributed by atoms with Gasteiger partial charge in [-0.1, -0.05) is 12.1 Å². The minimum atomic E-state index is -4.37. The number of carbonyl (C=O) groups excluding carboxylic acids is 1. The maximum absolute atomic E-state index is 12.5. The molecule has 2 aromatic rings. The molecule has 0 radical (unpaired) electrons. The molecule has 1 amide bonds. The number of hydrogen-bond acceptors (Lipinski definition) is 3. The number of anilines is 2. The maximum atomic E-state index is 12.5. The summed E-state index contributed by atoms with van der Waals surface area (Å²) < 4.78 is 37.5. The highest BCUT2D eigenvalue weighted by molar-refractivity contribution is 6.01. The molecule has 1 aromatic heterocycles. The van der Waals surface area contributed by atoms with E-state index in [2.05, 4.69) is 15.2 Å². The molecular formula is C19H18F3N3O. The zero-order valence-electron chi connectivity index (χ0n) is 14.0. The quantitative estimate of drug-likeness (QED) is 0.824. The number of aromatic nitrogens is 1. The first kappa shape index (κ1) is 18.0. The highest BCUT2D eigenvalue weighted by Gasteiger charge is 2.29. The van der Waals surface area contributed by atoms with Crippen LogP contribution in [0.4, 0.5) is 24.7 Å². The van der Waals surface area contributed by atoms with E-state index in [1.54, 1.807) is 12.3 Å². The van der Waals surface area contributed by atoms with Crippen LogP contribution < -0.4 is 10.2 Å². The van der Waals surface area contributed by atoms with Gasteiger partial charge in [-0.15, -0.1) is 0 Å². The lowest BCUT2D eigenvalue weighted by Crippen LogP contribution is -2.18. The Morgan fingerprint density at radius 1 is 1.08 bits per heavy atom. The van der Waals surface area contributed by atoms with Crippen LogP contribution in [-0.4, -0.2) is 24.0 Å².